The SMILES string of the molecule is CC1(C)SC(Nc2ncccc2O)=N[C@H]1C(=O)O. The molecule has 0 aliphatic carbocycles. The van der Waals surface area contributed by atoms with Crippen molar-refractivity contribution < 1.29 is 15.0 Å². The molecule has 0 saturated carbocycles. The summed E-state index contributed by atoms with van der Waals surface area (Å²) in [6.07, 6.45) is 1.53. The first kappa shape index (κ1) is 12.7. The van der Waals surface area contributed by atoms with E-state index >= 15 is 0 Å². The Bertz CT molecular complexity index is 516. The van der Waals surface area contributed by atoms with Crippen LogP contribution in [0.25, 0.3) is 0 Å². The van der Waals surface area contributed by atoms with Crippen molar-refractivity contribution in [2.45, 2.75) is 24.6 Å². The Kier molecular flexibility index (Phi) is 3.16. The highest BCUT2D eigenvalue weighted by atomic mass is 32.2. The van der Waals surface area contributed by atoms with Crippen molar-refractivity contribution in [3.8, 4) is 5.75 Å². The number of thioether (sulfide) groups is 1. The Morgan fingerprint density at radius 2 is 2.28 bits per heavy atom. The van der Waals surface area contributed by atoms with Gasteiger partial charge in [-0.2, -0.15) is 0 Å². The molecule has 0 fully saturated rings. The van der Waals surface area contributed by atoms with Crippen LogP contribution in [0.4, 0.5) is 5.82 Å². The number of anilines is 1. The standard InChI is InChI=1S/C11H13N3O3S/c1-11(2)7(9(16)17)13-10(18-11)14-8-6(15)4-3-5-12-8/h3-5,7,15H,1-2H3,(H,16,17)(H,12,13,14)/t7-/m0/s1. The predicted molar refractivity (Wildman–Crippen MR) is 70.1 cm³/mol. The van der Waals surface area contributed by atoms with Gasteiger partial charge in [-0.05, 0) is 26.0 Å². The van der Waals surface area contributed by atoms with Gasteiger partial charge in [0, 0.05) is 6.20 Å². The lowest BCUT2D eigenvalue weighted by Crippen LogP contribution is -2.34. The Balaban J connectivity index is 2.20. The number of pyridine rings is 1. The third-order valence-electron chi connectivity index (χ3n) is 2.51. The Hall–Kier alpha value is -1.76. The molecular formula is C11H13N3O3S. The van der Waals surface area contributed by atoms with Crippen molar-refractivity contribution in [1.29, 1.82) is 0 Å². The first-order valence-corrected chi connectivity index (χ1v) is 6.12. The molecule has 96 valence electrons. The van der Waals surface area contributed by atoms with Crippen molar-refractivity contribution in [2.75, 3.05) is 5.32 Å². The predicted octanol–water partition coefficient (Wildman–Crippen LogP) is 1.53. The molecular weight excluding hydrogens is 254 g/mol. The second-order valence-corrected chi connectivity index (χ2v) is 6.02. The maximum Gasteiger partial charge on any atom is 0.329 e. The summed E-state index contributed by atoms with van der Waals surface area (Å²) in [4.78, 5) is 19.1. The molecule has 0 unspecified atom stereocenters. The van der Waals surface area contributed by atoms with Crippen LogP contribution in [0, 0.1) is 0 Å². The van der Waals surface area contributed by atoms with Crippen LogP contribution in [-0.2, 0) is 4.79 Å². The maximum absolute atomic E-state index is 11.1. The van der Waals surface area contributed by atoms with E-state index in [1.165, 1.54) is 24.0 Å². The highest BCUT2D eigenvalue weighted by Crippen LogP contribution is 2.38. The summed E-state index contributed by atoms with van der Waals surface area (Å²) in [7, 11) is 0. The van der Waals surface area contributed by atoms with Crippen molar-refractivity contribution in [3.05, 3.63) is 18.3 Å². The summed E-state index contributed by atoms with van der Waals surface area (Å²) in [6.45, 7) is 3.62. The number of aromatic hydroxyl groups is 1. The number of carbonyl (C=O) groups is 1. The summed E-state index contributed by atoms with van der Waals surface area (Å²) < 4.78 is -0.529. The van der Waals surface area contributed by atoms with Gasteiger partial charge in [-0.15, -0.1) is 0 Å². The van der Waals surface area contributed by atoms with Gasteiger partial charge in [0.25, 0.3) is 0 Å². The lowest BCUT2D eigenvalue weighted by molar-refractivity contribution is -0.138. The minimum Gasteiger partial charge on any atom is -0.504 e. The molecule has 0 saturated heterocycles. The van der Waals surface area contributed by atoms with E-state index in [1.54, 1.807) is 6.07 Å². The van der Waals surface area contributed by atoms with Gasteiger partial charge in [0.15, 0.2) is 22.8 Å². The minimum atomic E-state index is -0.963. The number of aliphatic carboxylic acids is 1. The molecule has 3 N–H and O–H groups in total. The molecule has 6 nitrogen and oxygen atoms in total. The van der Waals surface area contributed by atoms with Gasteiger partial charge >= 0.3 is 5.97 Å². The molecule has 1 aromatic rings. The molecule has 0 radical (unpaired) electrons. The number of nitrogens with one attached hydrogen (secondary N) is 1. The molecule has 1 aliphatic heterocycles. The van der Waals surface area contributed by atoms with Crippen LogP contribution in [0.5, 0.6) is 5.75 Å². The van der Waals surface area contributed by atoms with E-state index in [9.17, 15) is 9.90 Å². The second-order valence-electron chi connectivity index (χ2n) is 4.38. The number of carboxylic acid groups (broad SMARTS) is 1. The topological polar surface area (TPSA) is 94.8 Å². The van der Waals surface area contributed by atoms with Gasteiger partial charge in [-0.1, -0.05) is 11.8 Å². The number of carboxylic acids is 1. The largest absolute Gasteiger partial charge is 0.504 e. The summed E-state index contributed by atoms with van der Waals surface area (Å²) in [5.74, 6) is -0.697. The third kappa shape index (κ3) is 2.40. The Labute approximate surface area is 108 Å². The normalized spacial score (nSPS) is 21.4. The van der Waals surface area contributed by atoms with Gasteiger partial charge in [0.2, 0.25) is 0 Å². The number of rotatable bonds is 2. The fraction of sp³-hybridized carbons (Fsp3) is 0.364. The van der Waals surface area contributed by atoms with Crippen molar-refractivity contribution in [1.82, 2.24) is 4.98 Å². The lowest BCUT2D eigenvalue weighted by Gasteiger charge is -2.20. The average molecular weight is 267 g/mol. The zero-order chi connectivity index (χ0) is 13.3. The van der Waals surface area contributed by atoms with Gasteiger partial charge < -0.3 is 15.5 Å². The fourth-order valence-corrected chi connectivity index (χ4v) is 2.68. The van der Waals surface area contributed by atoms with Gasteiger partial charge in [0.05, 0.1) is 4.75 Å². The monoisotopic (exact) mass is 267 g/mol. The van der Waals surface area contributed by atoms with Crippen LogP contribution in [0.1, 0.15) is 13.8 Å². The Morgan fingerprint density at radius 3 is 2.83 bits per heavy atom. The second kappa shape index (κ2) is 4.49. The van der Waals surface area contributed by atoms with Crippen molar-refractivity contribution in [2.24, 2.45) is 4.99 Å². The summed E-state index contributed by atoms with van der Waals surface area (Å²) in [5, 5.41) is 21.9. The first-order chi connectivity index (χ1) is 8.40. The van der Waals surface area contributed by atoms with Gasteiger partial charge in [-0.3, -0.25) is 0 Å². The van der Waals surface area contributed by atoms with Crippen LogP contribution in [-0.4, -0.2) is 37.1 Å². The summed E-state index contributed by atoms with van der Waals surface area (Å²) in [5.41, 5.74) is 0. The number of hydrogen-bond acceptors (Lipinski definition) is 6. The quantitative estimate of drug-likeness (QED) is 0.752. The highest BCUT2D eigenvalue weighted by Gasteiger charge is 2.42. The minimum absolute atomic E-state index is 0.00242. The molecule has 0 aromatic carbocycles. The van der Waals surface area contributed by atoms with Crippen LogP contribution in [0.3, 0.4) is 0 Å². The zero-order valence-corrected chi connectivity index (χ0v) is 10.7. The van der Waals surface area contributed by atoms with E-state index in [2.05, 4.69) is 15.3 Å². The van der Waals surface area contributed by atoms with E-state index in [0.29, 0.717) is 5.17 Å². The number of aliphatic imine (C=N–C) groups is 1. The van der Waals surface area contributed by atoms with Crippen LogP contribution in [0.2, 0.25) is 0 Å². The van der Waals surface area contributed by atoms with E-state index in [-0.39, 0.29) is 11.6 Å². The summed E-state index contributed by atoms with van der Waals surface area (Å²) in [6, 6.07) is 2.29. The average Bonchev–Trinajstić information content (AvgIpc) is 2.57. The highest BCUT2D eigenvalue weighted by molar-refractivity contribution is 8.15. The molecule has 1 atom stereocenters. The van der Waals surface area contributed by atoms with E-state index in [1.807, 2.05) is 13.8 Å². The van der Waals surface area contributed by atoms with Crippen LogP contribution < -0.4 is 5.32 Å². The van der Waals surface area contributed by atoms with E-state index in [4.69, 9.17) is 5.11 Å². The molecule has 1 aromatic heterocycles. The maximum atomic E-state index is 11.1. The summed E-state index contributed by atoms with van der Waals surface area (Å²) >= 11 is 1.31. The smallest absolute Gasteiger partial charge is 0.329 e. The number of aromatic nitrogens is 1. The molecule has 7 heteroatoms. The molecule has 0 amide bonds. The number of hydrogen-bond donors (Lipinski definition) is 3. The van der Waals surface area contributed by atoms with Gasteiger partial charge in [0.1, 0.15) is 0 Å². The zero-order valence-electron chi connectivity index (χ0n) is 9.91. The number of nitrogens with zero attached hydrogens (tertiary/aromatic N) is 2. The molecule has 0 spiro atoms. The first-order valence-electron chi connectivity index (χ1n) is 5.31. The molecule has 18 heavy (non-hydrogen) atoms. The van der Waals surface area contributed by atoms with Crippen LogP contribution >= 0.6 is 11.8 Å². The lowest BCUT2D eigenvalue weighted by atomic mass is 10.0. The molecule has 2 rings (SSSR count). The fourth-order valence-electron chi connectivity index (χ4n) is 1.61. The van der Waals surface area contributed by atoms with Crippen molar-refractivity contribution in [3.63, 3.8) is 0 Å². The van der Waals surface area contributed by atoms with E-state index in [0.717, 1.165) is 0 Å². The van der Waals surface area contributed by atoms with Crippen molar-refractivity contribution >= 4 is 28.7 Å². The van der Waals surface area contributed by atoms with E-state index < -0.39 is 16.8 Å². The Morgan fingerprint density at radius 1 is 1.56 bits per heavy atom. The number of amidine groups is 1. The molecule has 2 heterocycles. The molecule has 1 aliphatic rings. The van der Waals surface area contributed by atoms with Gasteiger partial charge in [-0.25, -0.2) is 14.8 Å². The third-order valence-corrected chi connectivity index (χ3v) is 3.66. The molecule has 0 bridgehead atoms. The van der Waals surface area contributed by atoms with Crippen LogP contribution in [0.15, 0.2) is 23.3 Å².